The Hall–Kier alpha value is -0.810. The molecule has 2 N–H and O–H groups in total. The van der Waals surface area contributed by atoms with Crippen LogP contribution >= 0.6 is 15.9 Å². The number of benzene rings is 1. The molecule has 2 rings (SSSR count). The van der Waals surface area contributed by atoms with Gasteiger partial charge >= 0.3 is 0 Å². The molecule has 0 amide bonds. The van der Waals surface area contributed by atoms with Crippen molar-refractivity contribution in [1.29, 1.82) is 0 Å². The van der Waals surface area contributed by atoms with Gasteiger partial charge in [-0.2, -0.15) is 0 Å². The Morgan fingerprint density at radius 3 is 2.94 bits per heavy atom. The van der Waals surface area contributed by atoms with Crippen LogP contribution in [0.15, 0.2) is 16.6 Å². The van der Waals surface area contributed by atoms with E-state index in [9.17, 15) is 4.39 Å². The maximum Gasteiger partial charge on any atom is 0.139 e. The summed E-state index contributed by atoms with van der Waals surface area (Å²) in [4.78, 5) is 2.13. The van der Waals surface area contributed by atoms with Crippen LogP contribution in [-0.2, 0) is 4.74 Å². The predicted molar refractivity (Wildman–Crippen MR) is 66.2 cm³/mol. The Labute approximate surface area is 102 Å². The standard InChI is InChI=1S/C11H14BrFN2O/c12-8-6-11(10(14)7-9(8)13)15-2-1-4-16-5-3-15/h6-7H,1-5,14H2. The quantitative estimate of drug-likeness (QED) is 0.807. The molecule has 1 aliphatic heterocycles. The fourth-order valence-corrected chi connectivity index (χ4v) is 2.14. The summed E-state index contributed by atoms with van der Waals surface area (Å²) in [6.07, 6.45) is 0.967. The van der Waals surface area contributed by atoms with E-state index in [-0.39, 0.29) is 5.82 Å². The van der Waals surface area contributed by atoms with Crippen molar-refractivity contribution in [3.05, 3.63) is 22.4 Å². The largest absolute Gasteiger partial charge is 0.397 e. The topological polar surface area (TPSA) is 38.5 Å². The lowest BCUT2D eigenvalue weighted by Crippen LogP contribution is -2.26. The third kappa shape index (κ3) is 2.47. The highest BCUT2D eigenvalue weighted by Gasteiger charge is 2.14. The van der Waals surface area contributed by atoms with Crippen molar-refractivity contribution >= 4 is 27.3 Å². The second-order valence-electron chi connectivity index (χ2n) is 3.78. The van der Waals surface area contributed by atoms with E-state index in [1.807, 2.05) is 0 Å². The lowest BCUT2D eigenvalue weighted by atomic mass is 10.2. The molecule has 1 heterocycles. The molecule has 0 atom stereocenters. The molecule has 88 valence electrons. The van der Waals surface area contributed by atoms with Gasteiger partial charge in [0.25, 0.3) is 0 Å². The Balaban J connectivity index is 2.27. The van der Waals surface area contributed by atoms with Gasteiger partial charge in [0.2, 0.25) is 0 Å². The minimum atomic E-state index is -0.327. The van der Waals surface area contributed by atoms with Crippen LogP contribution in [0.25, 0.3) is 0 Å². The Morgan fingerprint density at radius 1 is 1.31 bits per heavy atom. The number of nitrogens with zero attached hydrogens (tertiary/aromatic N) is 1. The van der Waals surface area contributed by atoms with Crippen molar-refractivity contribution in [1.82, 2.24) is 0 Å². The average Bonchev–Trinajstić information content (AvgIpc) is 2.52. The van der Waals surface area contributed by atoms with Crippen molar-refractivity contribution in [2.45, 2.75) is 6.42 Å². The number of nitrogens with two attached hydrogens (primary N) is 1. The minimum absolute atomic E-state index is 0.327. The summed E-state index contributed by atoms with van der Waals surface area (Å²) in [7, 11) is 0. The van der Waals surface area contributed by atoms with Crippen LogP contribution < -0.4 is 10.6 Å². The number of anilines is 2. The molecule has 1 fully saturated rings. The number of nitrogen functional groups attached to an aromatic ring is 1. The van der Waals surface area contributed by atoms with E-state index in [0.29, 0.717) is 16.8 Å². The molecule has 0 radical (unpaired) electrons. The summed E-state index contributed by atoms with van der Waals surface area (Å²) in [6, 6.07) is 3.08. The fourth-order valence-electron chi connectivity index (χ4n) is 1.81. The van der Waals surface area contributed by atoms with Crippen LogP contribution in [0.5, 0.6) is 0 Å². The third-order valence-corrected chi connectivity index (χ3v) is 3.24. The summed E-state index contributed by atoms with van der Waals surface area (Å²) < 4.78 is 19.1. The van der Waals surface area contributed by atoms with E-state index in [4.69, 9.17) is 10.5 Å². The second kappa shape index (κ2) is 5.01. The number of hydrogen-bond donors (Lipinski definition) is 1. The van der Waals surface area contributed by atoms with Gasteiger partial charge < -0.3 is 15.4 Å². The number of ether oxygens (including phenoxy) is 1. The lowest BCUT2D eigenvalue weighted by Gasteiger charge is -2.23. The van der Waals surface area contributed by atoms with Gasteiger partial charge in [0, 0.05) is 25.8 Å². The van der Waals surface area contributed by atoms with Gasteiger partial charge in [-0.1, -0.05) is 0 Å². The van der Waals surface area contributed by atoms with E-state index in [0.717, 1.165) is 31.8 Å². The first-order valence-corrected chi connectivity index (χ1v) is 6.05. The Bertz CT molecular complexity index is 378. The zero-order chi connectivity index (χ0) is 11.5. The Kier molecular flexibility index (Phi) is 3.66. The normalized spacial score (nSPS) is 17.2. The predicted octanol–water partition coefficient (Wildman–Crippen LogP) is 2.40. The van der Waals surface area contributed by atoms with Crippen molar-refractivity contribution in [2.75, 3.05) is 36.9 Å². The SMILES string of the molecule is Nc1cc(F)c(Br)cc1N1CCCOCC1. The van der Waals surface area contributed by atoms with Gasteiger partial charge in [0.15, 0.2) is 0 Å². The summed E-state index contributed by atoms with van der Waals surface area (Å²) in [6.45, 7) is 3.15. The summed E-state index contributed by atoms with van der Waals surface area (Å²) in [5.74, 6) is -0.327. The molecule has 3 nitrogen and oxygen atoms in total. The molecule has 0 spiro atoms. The molecular formula is C11H14BrFN2O. The number of hydrogen-bond acceptors (Lipinski definition) is 3. The van der Waals surface area contributed by atoms with Crippen LogP contribution in [0, 0.1) is 5.82 Å². The zero-order valence-corrected chi connectivity index (χ0v) is 10.5. The van der Waals surface area contributed by atoms with E-state index in [1.165, 1.54) is 6.07 Å². The molecule has 1 aliphatic rings. The van der Waals surface area contributed by atoms with Gasteiger partial charge in [0.1, 0.15) is 5.82 Å². The first-order chi connectivity index (χ1) is 7.68. The average molecular weight is 289 g/mol. The van der Waals surface area contributed by atoms with Gasteiger partial charge in [-0.05, 0) is 28.4 Å². The molecular weight excluding hydrogens is 275 g/mol. The first kappa shape index (κ1) is 11.7. The van der Waals surface area contributed by atoms with Gasteiger partial charge in [-0.3, -0.25) is 0 Å². The van der Waals surface area contributed by atoms with Gasteiger partial charge in [-0.25, -0.2) is 4.39 Å². The van der Waals surface area contributed by atoms with Crippen molar-refractivity contribution in [3.63, 3.8) is 0 Å². The Morgan fingerprint density at radius 2 is 2.12 bits per heavy atom. The van der Waals surface area contributed by atoms with Crippen LogP contribution in [-0.4, -0.2) is 26.3 Å². The fraction of sp³-hybridized carbons (Fsp3) is 0.455. The maximum absolute atomic E-state index is 13.2. The monoisotopic (exact) mass is 288 g/mol. The highest BCUT2D eigenvalue weighted by molar-refractivity contribution is 9.10. The molecule has 16 heavy (non-hydrogen) atoms. The summed E-state index contributed by atoms with van der Waals surface area (Å²) in [5, 5.41) is 0. The molecule has 5 heteroatoms. The van der Waals surface area contributed by atoms with Gasteiger partial charge in [-0.15, -0.1) is 0 Å². The highest BCUT2D eigenvalue weighted by atomic mass is 79.9. The van der Waals surface area contributed by atoms with Crippen LogP contribution in [0.3, 0.4) is 0 Å². The molecule has 1 saturated heterocycles. The molecule has 0 aromatic heterocycles. The molecule has 1 aromatic rings. The number of rotatable bonds is 1. The molecule has 0 aliphatic carbocycles. The van der Waals surface area contributed by atoms with E-state index in [1.54, 1.807) is 6.07 Å². The number of halogens is 2. The zero-order valence-electron chi connectivity index (χ0n) is 8.88. The smallest absolute Gasteiger partial charge is 0.139 e. The molecule has 0 bridgehead atoms. The summed E-state index contributed by atoms with van der Waals surface area (Å²) in [5.41, 5.74) is 7.18. The maximum atomic E-state index is 13.2. The van der Waals surface area contributed by atoms with Crippen molar-refractivity contribution in [3.8, 4) is 0 Å². The highest BCUT2D eigenvalue weighted by Crippen LogP contribution is 2.30. The second-order valence-corrected chi connectivity index (χ2v) is 4.63. The van der Waals surface area contributed by atoms with Gasteiger partial charge in [0.05, 0.1) is 22.5 Å². The molecule has 0 saturated carbocycles. The van der Waals surface area contributed by atoms with Crippen molar-refractivity contribution < 1.29 is 9.13 Å². The molecule has 0 unspecified atom stereocenters. The third-order valence-electron chi connectivity index (χ3n) is 2.63. The van der Waals surface area contributed by atoms with E-state index >= 15 is 0 Å². The van der Waals surface area contributed by atoms with Crippen LogP contribution in [0.2, 0.25) is 0 Å². The minimum Gasteiger partial charge on any atom is -0.397 e. The van der Waals surface area contributed by atoms with E-state index in [2.05, 4.69) is 20.8 Å². The summed E-state index contributed by atoms with van der Waals surface area (Å²) >= 11 is 3.18. The van der Waals surface area contributed by atoms with E-state index < -0.39 is 0 Å². The lowest BCUT2D eigenvalue weighted by molar-refractivity contribution is 0.152. The molecule has 1 aromatic carbocycles. The van der Waals surface area contributed by atoms with Crippen LogP contribution in [0.1, 0.15) is 6.42 Å². The van der Waals surface area contributed by atoms with Crippen LogP contribution in [0.4, 0.5) is 15.8 Å². The first-order valence-electron chi connectivity index (χ1n) is 5.25. The van der Waals surface area contributed by atoms with Crippen molar-refractivity contribution in [2.24, 2.45) is 0 Å².